The van der Waals surface area contributed by atoms with Crippen LogP contribution in [0.1, 0.15) is 44.5 Å². The second-order valence-electron chi connectivity index (χ2n) is 15.5. The number of benzene rings is 8. The minimum atomic E-state index is -1.25. The Morgan fingerprint density at radius 1 is 0.304 bits per heavy atom. The lowest BCUT2D eigenvalue weighted by Crippen LogP contribution is -2.18. The van der Waals surface area contributed by atoms with Crippen molar-refractivity contribution >= 4 is 59.1 Å². The molecule has 0 aliphatic rings. The van der Waals surface area contributed by atoms with Gasteiger partial charge < -0.3 is 9.05 Å². The Morgan fingerprint density at radius 3 is 0.857 bits per heavy atom. The highest BCUT2D eigenvalue weighted by atomic mass is 31.1. The molecule has 0 heterocycles. The molecule has 0 aromatic heterocycles. The maximum atomic E-state index is 7.56. The van der Waals surface area contributed by atoms with E-state index in [4.69, 9.17) is 9.05 Å². The minimum absolute atomic E-state index is 0.844. The summed E-state index contributed by atoms with van der Waals surface area (Å²) in [4.78, 5) is 0. The Labute approximate surface area is 334 Å². The fraction of sp³-hybridized carbons (Fsp3) is 0.154. The predicted octanol–water partition coefficient (Wildman–Crippen LogP) is 13.0. The molecule has 8 aromatic rings. The molecule has 0 bridgehead atoms. The van der Waals surface area contributed by atoms with Gasteiger partial charge in [0.25, 0.3) is 0 Å². The van der Waals surface area contributed by atoms with Gasteiger partial charge in [0.1, 0.15) is 11.5 Å². The Balaban J connectivity index is 1.40. The molecule has 8 aromatic carbocycles. The lowest BCUT2D eigenvalue weighted by Gasteiger charge is -2.26. The molecule has 0 atom stereocenters. The van der Waals surface area contributed by atoms with Gasteiger partial charge in [0.05, 0.1) is 0 Å². The Kier molecular flexibility index (Phi) is 10.6. The van der Waals surface area contributed by atoms with Crippen molar-refractivity contribution in [3.05, 3.63) is 190 Å². The van der Waals surface area contributed by atoms with Gasteiger partial charge in [0.15, 0.2) is 16.3 Å². The molecule has 278 valence electrons. The molecule has 0 aliphatic carbocycles. The summed E-state index contributed by atoms with van der Waals surface area (Å²) in [5.74, 6) is 1.69. The van der Waals surface area contributed by atoms with E-state index in [-0.39, 0.29) is 0 Å². The van der Waals surface area contributed by atoms with Crippen LogP contribution in [-0.2, 0) is 0 Å². The van der Waals surface area contributed by atoms with Crippen LogP contribution in [0, 0.1) is 55.4 Å². The second kappa shape index (κ2) is 15.7. The number of fused-ring (bicyclic) bond motifs is 2. The third-order valence-corrected chi connectivity index (χ3v) is 13.8. The Hall–Kier alpha value is -5.26. The van der Waals surface area contributed by atoms with Crippen molar-refractivity contribution in [2.45, 2.75) is 55.4 Å². The van der Waals surface area contributed by atoms with Crippen LogP contribution in [0.15, 0.2) is 146 Å². The van der Waals surface area contributed by atoms with E-state index in [1.165, 1.54) is 65.7 Å². The van der Waals surface area contributed by atoms with E-state index in [0.29, 0.717) is 0 Å². The van der Waals surface area contributed by atoms with E-state index in [2.05, 4.69) is 201 Å². The molecule has 4 heteroatoms. The zero-order valence-corrected chi connectivity index (χ0v) is 35.4. The molecule has 56 heavy (non-hydrogen) atoms. The molecular weight excluding hydrogens is 719 g/mol. The van der Waals surface area contributed by atoms with Gasteiger partial charge in [0, 0.05) is 32.3 Å². The van der Waals surface area contributed by atoms with Crippen molar-refractivity contribution in [1.29, 1.82) is 0 Å². The maximum absolute atomic E-state index is 7.56. The summed E-state index contributed by atoms with van der Waals surface area (Å²) < 4.78 is 15.1. The van der Waals surface area contributed by atoms with E-state index in [9.17, 15) is 0 Å². The summed E-state index contributed by atoms with van der Waals surface area (Å²) in [6.07, 6.45) is 0. The first kappa shape index (κ1) is 37.7. The monoisotopic (exact) mass is 766 g/mol. The summed E-state index contributed by atoms with van der Waals surface area (Å²) in [6.45, 7) is 17.4. The van der Waals surface area contributed by atoms with Gasteiger partial charge in [-0.25, -0.2) is 0 Å². The lowest BCUT2D eigenvalue weighted by atomic mass is 9.92. The average Bonchev–Trinajstić information content (AvgIpc) is 3.14. The largest absolute Gasteiger partial charge is 0.464 e. The summed E-state index contributed by atoms with van der Waals surface area (Å²) in [7, 11) is -2.49. The van der Waals surface area contributed by atoms with E-state index in [1.54, 1.807) is 0 Å². The van der Waals surface area contributed by atoms with Crippen LogP contribution in [0.2, 0.25) is 0 Å². The fourth-order valence-electron chi connectivity index (χ4n) is 8.15. The van der Waals surface area contributed by atoms with Gasteiger partial charge >= 0.3 is 0 Å². The van der Waals surface area contributed by atoms with Crippen LogP contribution in [-0.4, -0.2) is 0 Å². The molecule has 0 N–H and O–H groups in total. The zero-order valence-electron chi connectivity index (χ0n) is 33.6. The molecule has 0 spiro atoms. The smallest absolute Gasteiger partial charge is 0.150 e. The highest BCUT2D eigenvalue weighted by Crippen LogP contribution is 2.51. The molecule has 0 amide bonds. The van der Waals surface area contributed by atoms with Gasteiger partial charge in [0.2, 0.25) is 0 Å². The molecule has 0 aliphatic heterocycles. The van der Waals surface area contributed by atoms with E-state index in [1.807, 2.05) is 0 Å². The predicted molar refractivity (Wildman–Crippen MR) is 244 cm³/mol. The van der Waals surface area contributed by atoms with E-state index in [0.717, 1.165) is 44.2 Å². The number of rotatable bonds is 9. The average molecular weight is 767 g/mol. The number of hydrogen-bond donors (Lipinski definition) is 0. The quantitative estimate of drug-likeness (QED) is 0.136. The third-order valence-electron chi connectivity index (χ3n) is 10.2. The van der Waals surface area contributed by atoms with E-state index >= 15 is 0 Å². The maximum Gasteiger partial charge on any atom is 0.150 e. The summed E-state index contributed by atoms with van der Waals surface area (Å²) in [5.41, 5.74) is 11.9. The molecule has 0 radical (unpaired) electrons. The van der Waals surface area contributed by atoms with E-state index < -0.39 is 16.3 Å². The Morgan fingerprint density at radius 2 is 0.571 bits per heavy atom. The van der Waals surface area contributed by atoms with Crippen LogP contribution in [0.3, 0.4) is 0 Å². The molecule has 0 saturated carbocycles. The summed E-state index contributed by atoms with van der Waals surface area (Å²) >= 11 is 0. The van der Waals surface area contributed by atoms with Gasteiger partial charge in [-0.05, 0) is 138 Å². The number of aryl methyl sites for hydroxylation is 8. The number of hydrogen-bond acceptors (Lipinski definition) is 2. The van der Waals surface area contributed by atoms with Crippen LogP contribution < -0.4 is 30.3 Å². The third kappa shape index (κ3) is 7.88. The van der Waals surface area contributed by atoms with Crippen LogP contribution in [0.25, 0.3) is 32.7 Å². The molecule has 2 nitrogen and oxygen atoms in total. The van der Waals surface area contributed by atoms with Crippen molar-refractivity contribution in [2.24, 2.45) is 0 Å². The van der Waals surface area contributed by atoms with Crippen LogP contribution in [0.5, 0.6) is 11.5 Å². The first-order chi connectivity index (χ1) is 27.0. The highest BCUT2D eigenvalue weighted by Gasteiger charge is 2.27. The van der Waals surface area contributed by atoms with Crippen LogP contribution >= 0.6 is 16.3 Å². The first-order valence-electron chi connectivity index (χ1n) is 19.3. The van der Waals surface area contributed by atoms with Crippen LogP contribution in [0.4, 0.5) is 0 Å². The van der Waals surface area contributed by atoms with Gasteiger partial charge in [-0.3, -0.25) is 0 Å². The molecule has 0 unspecified atom stereocenters. The normalized spacial score (nSPS) is 11.5. The molecule has 8 rings (SSSR count). The zero-order chi connectivity index (χ0) is 39.1. The first-order valence-corrected chi connectivity index (χ1v) is 21.8. The van der Waals surface area contributed by atoms with Gasteiger partial charge in [-0.1, -0.05) is 129 Å². The van der Waals surface area contributed by atoms with Crippen molar-refractivity contribution in [1.82, 2.24) is 0 Å². The SMILES string of the molecule is Cc1cc(C)cc(P(Oc2ccc3ccccc3c2-c2c(OP(c3cc(C)cc(C)c3)c3cc(C)cc(C)c3)ccc3ccccc23)c2cc(C)cc(C)c2)c1. The topological polar surface area (TPSA) is 18.5 Å². The van der Waals surface area contributed by atoms with Crippen molar-refractivity contribution < 1.29 is 9.05 Å². The standard InChI is InChI=1S/C52H48O2P2/c1-33-21-34(2)26-43(25-33)55(44-27-35(3)22-36(4)28-44)53-49-19-17-41-13-9-11-15-47(41)51(49)52-48-16-12-10-14-42(48)18-20-50(52)54-56(45-29-37(5)23-38(6)30-45)46-31-39(7)24-40(8)32-46/h9-32H,1-8H3. The molecule has 0 fully saturated rings. The summed E-state index contributed by atoms with van der Waals surface area (Å²) in [5, 5.41) is 9.36. The highest BCUT2D eigenvalue weighted by molar-refractivity contribution is 7.69. The van der Waals surface area contributed by atoms with Gasteiger partial charge in [-0.15, -0.1) is 0 Å². The van der Waals surface area contributed by atoms with Gasteiger partial charge in [-0.2, -0.15) is 0 Å². The minimum Gasteiger partial charge on any atom is -0.464 e. The lowest BCUT2D eigenvalue weighted by molar-refractivity contribution is 0.624. The second-order valence-corrected chi connectivity index (χ2v) is 19.1. The fourth-order valence-corrected chi connectivity index (χ4v) is 12.4. The molecule has 0 saturated heterocycles. The molecular formula is C52H48O2P2. The van der Waals surface area contributed by atoms with Crippen molar-refractivity contribution in [3.8, 4) is 22.6 Å². The van der Waals surface area contributed by atoms with Crippen molar-refractivity contribution in [3.63, 3.8) is 0 Å². The van der Waals surface area contributed by atoms with Crippen molar-refractivity contribution in [2.75, 3.05) is 0 Å². The Bertz CT molecular complexity index is 2390. The summed E-state index contributed by atoms with van der Waals surface area (Å²) in [6, 6.07) is 53.5.